The van der Waals surface area contributed by atoms with Crippen molar-refractivity contribution in [1.29, 1.82) is 0 Å². The first-order valence-corrected chi connectivity index (χ1v) is 10.7. The second kappa shape index (κ2) is 9.91. The van der Waals surface area contributed by atoms with Crippen LogP contribution in [0.5, 0.6) is 5.75 Å². The van der Waals surface area contributed by atoms with Gasteiger partial charge in [-0.25, -0.2) is 0 Å². The molecule has 0 aromatic heterocycles. The molecule has 2 saturated heterocycles. The highest BCUT2D eigenvalue weighted by Gasteiger charge is 2.30. The summed E-state index contributed by atoms with van der Waals surface area (Å²) in [5, 5.41) is 6.73. The second-order valence-electron chi connectivity index (χ2n) is 7.68. The lowest BCUT2D eigenvalue weighted by Crippen LogP contribution is -2.51. The van der Waals surface area contributed by atoms with Gasteiger partial charge in [-0.1, -0.05) is 0 Å². The van der Waals surface area contributed by atoms with Gasteiger partial charge in [-0.3, -0.25) is 9.59 Å². The van der Waals surface area contributed by atoms with Crippen LogP contribution in [0.2, 0.25) is 0 Å². The molecule has 1 unspecified atom stereocenters. The van der Waals surface area contributed by atoms with Gasteiger partial charge in [0.15, 0.2) is 5.11 Å². The molecule has 1 aromatic carbocycles. The summed E-state index contributed by atoms with van der Waals surface area (Å²) >= 11 is 5.45. The zero-order chi connectivity index (χ0) is 20.8. The summed E-state index contributed by atoms with van der Waals surface area (Å²) in [5.74, 6) is 0.779. The van der Waals surface area contributed by atoms with Gasteiger partial charge in [-0.05, 0) is 75.0 Å². The van der Waals surface area contributed by atoms with Crippen LogP contribution in [-0.4, -0.2) is 66.1 Å². The molecule has 0 bridgehead atoms. The summed E-state index contributed by atoms with van der Waals surface area (Å²) < 4.78 is 5.23. The van der Waals surface area contributed by atoms with Crippen molar-refractivity contribution in [3.05, 3.63) is 23.8 Å². The monoisotopic (exact) mass is 418 g/mol. The Morgan fingerprint density at radius 2 is 1.93 bits per heavy atom. The van der Waals surface area contributed by atoms with Crippen molar-refractivity contribution in [2.45, 2.75) is 45.1 Å². The Hall–Kier alpha value is -2.35. The maximum atomic E-state index is 13.0. The van der Waals surface area contributed by atoms with E-state index < -0.39 is 6.04 Å². The number of amides is 2. The van der Waals surface area contributed by atoms with Gasteiger partial charge in [-0.15, -0.1) is 0 Å². The molecule has 8 heteroatoms. The summed E-state index contributed by atoms with van der Waals surface area (Å²) in [6.07, 6.45) is 4.62. The van der Waals surface area contributed by atoms with Crippen molar-refractivity contribution in [3.8, 4) is 5.75 Å². The minimum atomic E-state index is -0.414. The zero-order valence-electron chi connectivity index (χ0n) is 17.2. The van der Waals surface area contributed by atoms with Crippen LogP contribution in [0.15, 0.2) is 18.2 Å². The summed E-state index contributed by atoms with van der Waals surface area (Å²) in [4.78, 5) is 29.1. The van der Waals surface area contributed by atoms with Crippen molar-refractivity contribution in [3.63, 3.8) is 0 Å². The van der Waals surface area contributed by atoms with E-state index in [9.17, 15) is 9.59 Å². The van der Waals surface area contributed by atoms with E-state index in [0.29, 0.717) is 18.1 Å². The summed E-state index contributed by atoms with van der Waals surface area (Å²) in [7, 11) is 1.63. The van der Waals surface area contributed by atoms with Gasteiger partial charge in [0, 0.05) is 25.3 Å². The van der Waals surface area contributed by atoms with Crippen molar-refractivity contribution in [2.24, 2.45) is 0 Å². The van der Waals surface area contributed by atoms with Crippen molar-refractivity contribution in [2.75, 3.05) is 38.6 Å². The van der Waals surface area contributed by atoms with E-state index in [0.717, 1.165) is 55.8 Å². The molecule has 1 atom stereocenters. The van der Waals surface area contributed by atoms with Crippen LogP contribution < -0.4 is 15.4 Å². The Labute approximate surface area is 177 Å². The molecule has 2 heterocycles. The molecule has 158 valence electrons. The van der Waals surface area contributed by atoms with Crippen molar-refractivity contribution < 1.29 is 14.3 Å². The number of rotatable bonds is 5. The Morgan fingerprint density at radius 1 is 1.21 bits per heavy atom. The largest absolute Gasteiger partial charge is 0.497 e. The van der Waals surface area contributed by atoms with Crippen LogP contribution in [0.4, 0.5) is 5.69 Å². The fourth-order valence-corrected chi connectivity index (χ4v) is 4.10. The molecule has 1 aromatic rings. The Kier molecular flexibility index (Phi) is 7.30. The number of nitrogens with zero attached hydrogens (tertiary/aromatic N) is 2. The molecular weight excluding hydrogens is 388 g/mol. The molecule has 0 radical (unpaired) electrons. The average molecular weight is 419 g/mol. The Bertz CT molecular complexity index is 764. The maximum absolute atomic E-state index is 13.0. The lowest BCUT2D eigenvalue weighted by molar-refractivity contribution is -0.140. The Morgan fingerprint density at radius 3 is 2.62 bits per heavy atom. The standard InChI is InChI=1S/C21H30N4O3S/c1-15-13-16(28-2)8-9-17(15)22-21(29)23-18-7-3-4-12-25(20(18)27)14-19(26)24-10-5-6-11-24/h8-9,13,18H,3-7,10-12,14H2,1-2H3,(H2,22,23,29). The quantitative estimate of drug-likeness (QED) is 0.715. The number of carbonyl (C=O) groups excluding carboxylic acids is 2. The first-order chi connectivity index (χ1) is 14.0. The second-order valence-corrected chi connectivity index (χ2v) is 8.08. The molecule has 0 saturated carbocycles. The first kappa shape index (κ1) is 21.4. The number of nitrogens with one attached hydrogen (secondary N) is 2. The number of aryl methyl sites for hydroxylation is 1. The number of hydrogen-bond acceptors (Lipinski definition) is 4. The molecule has 2 fully saturated rings. The normalized spacial score (nSPS) is 19.7. The highest BCUT2D eigenvalue weighted by molar-refractivity contribution is 7.80. The Balaban J connectivity index is 1.59. The van der Waals surface area contributed by atoms with Gasteiger partial charge in [0.2, 0.25) is 11.8 Å². The summed E-state index contributed by atoms with van der Waals surface area (Å²) in [6.45, 7) is 4.36. The summed E-state index contributed by atoms with van der Waals surface area (Å²) in [5.41, 5.74) is 1.86. The molecule has 3 rings (SSSR count). The third kappa shape index (κ3) is 5.59. The number of hydrogen-bond donors (Lipinski definition) is 2. The van der Waals surface area contributed by atoms with Crippen molar-refractivity contribution in [1.82, 2.24) is 15.1 Å². The number of ether oxygens (including phenoxy) is 1. The van der Waals surface area contributed by atoms with Crippen LogP contribution in [0, 0.1) is 6.92 Å². The van der Waals surface area contributed by atoms with E-state index in [1.165, 1.54) is 0 Å². The molecular formula is C21H30N4O3S. The number of likely N-dealkylation sites (tertiary alicyclic amines) is 2. The first-order valence-electron chi connectivity index (χ1n) is 10.3. The number of methoxy groups -OCH3 is 1. The van der Waals surface area contributed by atoms with E-state index in [-0.39, 0.29) is 18.4 Å². The number of carbonyl (C=O) groups is 2. The average Bonchev–Trinajstić information content (AvgIpc) is 3.19. The molecule has 2 aliphatic rings. The van der Waals surface area contributed by atoms with Crippen LogP contribution in [0.25, 0.3) is 0 Å². The van der Waals surface area contributed by atoms with E-state index >= 15 is 0 Å². The van der Waals surface area contributed by atoms with Crippen LogP contribution >= 0.6 is 12.2 Å². The predicted molar refractivity (Wildman–Crippen MR) is 117 cm³/mol. The highest BCUT2D eigenvalue weighted by atomic mass is 32.1. The van der Waals surface area contributed by atoms with Crippen LogP contribution in [0.3, 0.4) is 0 Å². The van der Waals surface area contributed by atoms with E-state index in [2.05, 4.69) is 10.6 Å². The van der Waals surface area contributed by atoms with E-state index in [1.807, 2.05) is 30.0 Å². The smallest absolute Gasteiger partial charge is 0.245 e. The molecule has 7 nitrogen and oxygen atoms in total. The fourth-order valence-electron chi connectivity index (χ4n) is 3.85. The van der Waals surface area contributed by atoms with Gasteiger partial charge >= 0.3 is 0 Å². The van der Waals surface area contributed by atoms with Crippen LogP contribution in [0.1, 0.15) is 37.7 Å². The molecule has 29 heavy (non-hydrogen) atoms. The predicted octanol–water partition coefficient (Wildman–Crippen LogP) is 2.29. The van der Waals surface area contributed by atoms with Gasteiger partial charge < -0.3 is 25.2 Å². The number of thiocarbonyl (C=S) groups is 1. The molecule has 2 N–H and O–H groups in total. The van der Waals surface area contributed by atoms with Gasteiger partial charge in [0.25, 0.3) is 0 Å². The van der Waals surface area contributed by atoms with Gasteiger partial charge in [0.1, 0.15) is 11.8 Å². The zero-order valence-corrected chi connectivity index (χ0v) is 18.0. The minimum Gasteiger partial charge on any atom is -0.497 e. The highest BCUT2D eigenvalue weighted by Crippen LogP contribution is 2.21. The molecule has 2 amide bonds. The number of anilines is 1. The van der Waals surface area contributed by atoms with Crippen molar-refractivity contribution >= 4 is 34.8 Å². The topological polar surface area (TPSA) is 73.9 Å². The SMILES string of the molecule is COc1ccc(NC(=S)NC2CCCCN(CC(=O)N3CCCC3)C2=O)c(C)c1. The molecule has 2 aliphatic heterocycles. The minimum absolute atomic E-state index is 0.0473. The molecule has 0 aliphatic carbocycles. The van der Waals surface area contributed by atoms with Crippen LogP contribution in [-0.2, 0) is 9.59 Å². The fraction of sp³-hybridized carbons (Fsp3) is 0.571. The number of benzene rings is 1. The van der Waals surface area contributed by atoms with Gasteiger partial charge in [0.05, 0.1) is 13.7 Å². The lowest BCUT2D eigenvalue weighted by Gasteiger charge is -2.27. The molecule has 0 spiro atoms. The van der Waals surface area contributed by atoms with E-state index in [4.69, 9.17) is 17.0 Å². The van der Waals surface area contributed by atoms with Gasteiger partial charge in [-0.2, -0.15) is 0 Å². The summed E-state index contributed by atoms with van der Waals surface area (Å²) in [6, 6.07) is 5.27. The van der Waals surface area contributed by atoms with E-state index in [1.54, 1.807) is 12.0 Å². The lowest BCUT2D eigenvalue weighted by atomic mass is 10.1. The maximum Gasteiger partial charge on any atom is 0.245 e. The third-order valence-electron chi connectivity index (χ3n) is 5.55. The third-order valence-corrected chi connectivity index (χ3v) is 5.77.